The highest BCUT2D eigenvalue weighted by atomic mass is 16.5. The molecule has 0 saturated carbocycles. The molecule has 100 valence electrons. The first-order valence-electron chi connectivity index (χ1n) is 5.70. The van der Waals surface area contributed by atoms with Gasteiger partial charge in [-0.1, -0.05) is 13.8 Å². The number of primary amides is 1. The maximum Gasteiger partial charge on any atom is 0.243 e. The average Bonchev–Trinajstić information content (AvgIpc) is 2.31. The SMILES string of the molecule is COc1ccc(N)c(NC(C)(C(N)=O)C(C)C)n1. The maximum atomic E-state index is 11.6. The Labute approximate surface area is 107 Å². The Kier molecular flexibility index (Phi) is 4.00. The quantitative estimate of drug-likeness (QED) is 0.725. The van der Waals surface area contributed by atoms with E-state index in [1.165, 1.54) is 7.11 Å². The van der Waals surface area contributed by atoms with Gasteiger partial charge in [0.2, 0.25) is 11.8 Å². The first-order valence-corrected chi connectivity index (χ1v) is 5.70. The summed E-state index contributed by atoms with van der Waals surface area (Å²) in [6.07, 6.45) is 0. The van der Waals surface area contributed by atoms with Crippen molar-refractivity contribution in [3.63, 3.8) is 0 Å². The van der Waals surface area contributed by atoms with Gasteiger partial charge in [-0.05, 0) is 18.9 Å². The molecule has 6 heteroatoms. The van der Waals surface area contributed by atoms with Gasteiger partial charge in [-0.3, -0.25) is 4.79 Å². The van der Waals surface area contributed by atoms with Crippen molar-refractivity contribution >= 4 is 17.4 Å². The second kappa shape index (κ2) is 5.12. The molecule has 0 aliphatic carbocycles. The van der Waals surface area contributed by atoms with Crippen LogP contribution >= 0.6 is 0 Å². The largest absolute Gasteiger partial charge is 0.481 e. The fourth-order valence-corrected chi connectivity index (χ4v) is 1.40. The van der Waals surface area contributed by atoms with Crippen LogP contribution < -0.4 is 21.5 Å². The third-order valence-corrected chi connectivity index (χ3v) is 3.15. The van der Waals surface area contributed by atoms with Gasteiger partial charge in [0.05, 0.1) is 12.8 Å². The van der Waals surface area contributed by atoms with E-state index in [-0.39, 0.29) is 5.92 Å². The molecule has 0 spiro atoms. The van der Waals surface area contributed by atoms with E-state index in [0.717, 1.165) is 0 Å². The molecule has 0 saturated heterocycles. The number of ether oxygens (including phenoxy) is 1. The summed E-state index contributed by atoms with van der Waals surface area (Å²) in [4.78, 5) is 15.8. The Morgan fingerprint density at radius 3 is 2.56 bits per heavy atom. The van der Waals surface area contributed by atoms with Crippen molar-refractivity contribution in [2.24, 2.45) is 11.7 Å². The third-order valence-electron chi connectivity index (χ3n) is 3.15. The molecular weight excluding hydrogens is 232 g/mol. The molecule has 1 atom stereocenters. The number of hydrogen-bond donors (Lipinski definition) is 3. The van der Waals surface area contributed by atoms with Crippen LogP contribution in [0.1, 0.15) is 20.8 Å². The second-order valence-corrected chi connectivity index (χ2v) is 4.64. The molecule has 6 nitrogen and oxygen atoms in total. The number of hydrogen-bond acceptors (Lipinski definition) is 5. The van der Waals surface area contributed by atoms with E-state index >= 15 is 0 Å². The smallest absolute Gasteiger partial charge is 0.243 e. The van der Waals surface area contributed by atoms with E-state index < -0.39 is 11.4 Å². The van der Waals surface area contributed by atoms with Crippen molar-refractivity contribution in [1.82, 2.24) is 4.98 Å². The fraction of sp³-hybridized carbons (Fsp3) is 0.500. The predicted molar refractivity (Wildman–Crippen MR) is 71.3 cm³/mol. The van der Waals surface area contributed by atoms with E-state index in [9.17, 15) is 4.79 Å². The van der Waals surface area contributed by atoms with Crippen molar-refractivity contribution < 1.29 is 9.53 Å². The standard InChI is InChI=1S/C12H20N4O2/c1-7(2)12(3,11(14)17)16-10-8(13)5-6-9(15-10)18-4/h5-7H,13H2,1-4H3,(H2,14,17)(H,15,16). The molecule has 1 aromatic heterocycles. The Bertz CT molecular complexity index is 448. The van der Waals surface area contributed by atoms with Crippen LogP contribution in [-0.4, -0.2) is 23.5 Å². The van der Waals surface area contributed by atoms with Crippen molar-refractivity contribution in [3.05, 3.63) is 12.1 Å². The number of pyridine rings is 1. The number of nitrogen functional groups attached to an aromatic ring is 1. The van der Waals surface area contributed by atoms with Crippen LogP contribution in [-0.2, 0) is 4.79 Å². The summed E-state index contributed by atoms with van der Waals surface area (Å²) in [6.45, 7) is 5.52. The zero-order valence-corrected chi connectivity index (χ0v) is 11.2. The van der Waals surface area contributed by atoms with Crippen molar-refractivity contribution in [1.29, 1.82) is 0 Å². The van der Waals surface area contributed by atoms with Gasteiger partial charge in [0.25, 0.3) is 0 Å². The molecule has 1 amide bonds. The molecule has 0 aliphatic rings. The van der Waals surface area contributed by atoms with Gasteiger partial charge in [-0.2, -0.15) is 4.98 Å². The number of nitrogens with two attached hydrogens (primary N) is 2. The van der Waals surface area contributed by atoms with Crippen molar-refractivity contribution in [2.45, 2.75) is 26.3 Å². The van der Waals surface area contributed by atoms with Crippen LogP contribution in [0.5, 0.6) is 5.88 Å². The van der Waals surface area contributed by atoms with Gasteiger partial charge in [0.15, 0.2) is 5.82 Å². The van der Waals surface area contributed by atoms with Gasteiger partial charge in [-0.25, -0.2) is 0 Å². The molecule has 0 aliphatic heterocycles. The number of nitrogens with one attached hydrogen (secondary N) is 1. The Balaban J connectivity index is 3.12. The third kappa shape index (κ3) is 2.64. The summed E-state index contributed by atoms with van der Waals surface area (Å²) in [7, 11) is 1.51. The molecule has 0 radical (unpaired) electrons. The normalized spacial score (nSPS) is 14.1. The number of aromatic nitrogens is 1. The van der Waals surface area contributed by atoms with Gasteiger partial charge in [0, 0.05) is 6.07 Å². The lowest BCUT2D eigenvalue weighted by molar-refractivity contribution is -0.123. The zero-order valence-electron chi connectivity index (χ0n) is 11.2. The monoisotopic (exact) mass is 252 g/mol. The molecule has 1 rings (SSSR count). The van der Waals surface area contributed by atoms with Gasteiger partial charge < -0.3 is 21.5 Å². The lowest BCUT2D eigenvalue weighted by Gasteiger charge is -2.32. The zero-order chi connectivity index (χ0) is 13.9. The van der Waals surface area contributed by atoms with E-state index in [4.69, 9.17) is 16.2 Å². The summed E-state index contributed by atoms with van der Waals surface area (Å²) in [5.74, 6) is 0.343. The maximum absolute atomic E-state index is 11.6. The number of nitrogens with zero attached hydrogens (tertiary/aromatic N) is 1. The molecular formula is C12H20N4O2. The molecule has 18 heavy (non-hydrogen) atoms. The van der Waals surface area contributed by atoms with Crippen LogP contribution in [0.2, 0.25) is 0 Å². The summed E-state index contributed by atoms with van der Waals surface area (Å²) in [5, 5.41) is 3.01. The first kappa shape index (κ1) is 14.1. The Hall–Kier alpha value is -1.98. The van der Waals surface area contributed by atoms with E-state index in [2.05, 4.69) is 10.3 Å². The minimum Gasteiger partial charge on any atom is -0.481 e. The summed E-state index contributed by atoms with van der Waals surface area (Å²) >= 11 is 0. The molecule has 1 aromatic rings. The first-order chi connectivity index (χ1) is 8.31. The molecule has 1 heterocycles. The van der Waals surface area contributed by atoms with E-state index in [1.807, 2.05) is 13.8 Å². The van der Waals surface area contributed by atoms with E-state index in [1.54, 1.807) is 19.1 Å². The minimum absolute atomic E-state index is 0.0117. The van der Waals surface area contributed by atoms with Crippen LogP contribution in [0.25, 0.3) is 0 Å². The van der Waals surface area contributed by atoms with Gasteiger partial charge in [-0.15, -0.1) is 0 Å². The number of anilines is 2. The average molecular weight is 252 g/mol. The molecule has 0 fully saturated rings. The predicted octanol–water partition coefficient (Wildman–Crippen LogP) is 0.984. The summed E-state index contributed by atoms with van der Waals surface area (Å²) < 4.78 is 5.02. The molecule has 0 bridgehead atoms. The Morgan fingerprint density at radius 1 is 1.50 bits per heavy atom. The summed E-state index contributed by atoms with van der Waals surface area (Å²) in [6, 6.07) is 3.31. The van der Waals surface area contributed by atoms with Gasteiger partial charge >= 0.3 is 0 Å². The lowest BCUT2D eigenvalue weighted by atomic mass is 9.87. The van der Waals surface area contributed by atoms with Crippen molar-refractivity contribution in [3.8, 4) is 5.88 Å². The Morgan fingerprint density at radius 2 is 2.11 bits per heavy atom. The number of amides is 1. The van der Waals surface area contributed by atoms with Crippen molar-refractivity contribution in [2.75, 3.05) is 18.2 Å². The second-order valence-electron chi connectivity index (χ2n) is 4.64. The topological polar surface area (TPSA) is 103 Å². The summed E-state index contributed by atoms with van der Waals surface area (Å²) in [5.41, 5.74) is 10.8. The highest BCUT2D eigenvalue weighted by Gasteiger charge is 2.35. The van der Waals surface area contributed by atoms with Gasteiger partial charge in [0.1, 0.15) is 5.54 Å². The van der Waals surface area contributed by atoms with Crippen LogP contribution in [0.3, 0.4) is 0 Å². The number of methoxy groups -OCH3 is 1. The highest BCUT2D eigenvalue weighted by molar-refractivity contribution is 5.88. The number of rotatable bonds is 5. The molecule has 5 N–H and O–H groups in total. The highest BCUT2D eigenvalue weighted by Crippen LogP contribution is 2.26. The fourth-order valence-electron chi connectivity index (χ4n) is 1.40. The van der Waals surface area contributed by atoms with Crippen LogP contribution in [0.15, 0.2) is 12.1 Å². The molecule has 0 aromatic carbocycles. The minimum atomic E-state index is -0.923. The lowest BCUT2D eigenvalue weighted by Crippen LogP contribution is -2.52. The van der Waals surface area contributed by atoms with Crippen LogP contribution in [0, 0.1) is 5.92 Å². The van der Waals surface area contributed by atoms with E-state index in [0.29, 0.717) is 17.4 Å². The molecule has 1 unspecified atom stereocenters. The van der Waals surface area contributed by atoms with Crippen LogP contribution in [0.4, 0.5) is 11.5 Å². The number of carbonyl (C=O) groups is 1. The number of carbonyl (C=O) groups excluding carboxylic acids is 1.